The number of carbonyl (C=O) groups excluding carboxylic acids is 5. The second-order valence-corrected chi connectivity index (χ2v) is 11.4. The van der Waals surface area contributed by atoms with Gasteiger partial charge in [-0.3, -0.25) is 24.2 Å². The number of aliphatic imine (C=N–C) groups is 1. The fourth-order valence-corrected chi connectivity index (χ4v) is 4.09. The van der Waals surface area contributed by atoms with Gasteiger partial charge in [0, 0.05) is 36.2 Å². The van der Waals surface area contributed by atoms with Crippen LogP contribution in [0.5, 0.6) is 0 Å². The Bertz CT molecular complexity index is 1490. The molecular formula is C29H42N8O8. The van der Waals surface area contributed by atoms with Crippen molar-refractivity contribution in [3.63, 3.8) is 0 Å². The van der Waals surface area contributed by atoms with Gasteiger partial charge in [-0.25, -0.2) is 9.59 Å². The molecule has 246 valence electrons. The number of fused-ring (bicyclic) bond motifs is 1. The van der Waals surface area contributed by atoms with E-state index in [0.717, 1.165) is 0 Å². The van der Waals surface area contributed by atoms with Gasteiger partial charge in [-0.2, -0.15) is 0 Å². The van der Waals surface area contributed by atoms with Gasteiger partial charge in [-0.15, -0.1) is 0 Å². The molecule has 0 saturated carbocycles. The van der Waals surface area contributed by atoms with Crippen molar-refractivity contribution in [2.75, 3.05) is 11.9 Å². The quantitative estimate of drug-likeness (QED) is 0.0647. The van der Waals surface area contributed by atoms with Gasteiger partial charge < -0.3 is 47.6 Å². The number of nitrogens with zero attached hydrogens (tertiary/aromatic N) is 1. The number of carbonyl (C=O) groups is 5. The van der Waals surface area contributed by atoms with E-state index in [4.69, 9.17) is 26.4 Å². The number of benzene rings is 1. The fraction of sp³-hybridized carbons (Fsp3) is 0.483. The number of guanidine groups is 1. The van der Waals surface area contributed by atoms with Crippen LogP contribution in [0.25, 0.3) is 11.0 Å². The van der Waals surface area contributed by atoms with Crippen molar-refractivity contribution in [1.82, 2.24) is 16.0 Å². The molecule has 3 atom stereocenters. The fourth-order valence-electron chi connectivity index (χ4n) is 4.09. The molecule has 16 nitrogen and oxygen atoms in total. The van der Waals surface area contributed by atoms with Crippen molar-refractivity contribution in [3.8, 4) is 0 Å². The Morgan fingerprint density at radius 2 is 1.60 bits per heavy atom. The van der Waals surface area contributed by atoms with E-state index in [9.17, 15) is 28.8 Å². The largest absolute Gasteiger partial charge is 0.444 e. The summed E-state index contributed by atoms with van der Waals surface area (Å²) in [4.78, 5) is 78.7. The third kappa shape index (κ3) is 12.5. The molecule has 1 aromatic carbocycles. The molecule has 2 rings (SSSR count). The molecule has 5 amide bonds. The third-order valence-corrected chi connectivity index (χ3v) is 6.24. The van der Waals surface area contributed by atoms with E-state index in [1.165, 1.54) is 19.1 Å². The lowest BCUT2D eigenvalue weighted by Crippen LogP contribution is -2.55. The average molecular weight is 631 g/mol. The van der Waals surface area contributed by atoms with Crippen molar-refractivity contribution in [2.24, 2.45) is 22.2 Å². The van der Waals surface area contributed by atoms with Gasteiger partial charge in [0.25, 0.3) is 0 Å². The Balaban J connectivity index is 2.17. The third-order valence-electron chi connectivity index (χ3n) is 6.24. The van der Waals surface area contributed by atoms with Crippen molar-refractivity contribution in [3.05, 3.63) is 40.2 Å². The standard InChI is InChI=1S/C29H42N8O8/c1-15-13-23(39)44-21-14-17(8-9-18(15)21)35-26(42)19(7-6-12-33-27(31)32)36-24(40)16(2)34-25(41)20(10-11-22(30)38)37-28(43)45-29(3,4)5/h8-9,13-14,16,19-20H,6-7,10-12H2,1-5H3,(H2,30,38)(H,34,41)(H,35,42)(H,36,40)(H,37,43)(H4,31,32,33)/t16-,19+,20-/m1/s1. The molecule has 0 saturated heterocycles. The molecule has 45 heavy (non-hydrogen) atoms. The highest BCUT2D eigenvalue weighted by molar-refractivity contribution is 6.00. The average Bonchev–Trinajstić information content (AvgIpc) is 2.90. The lowest BCUT2D eigenvalue weighted by atomic mass is 10.1. The van der Waals surface area contributed by atoms with Gasteiger partial charge >= 0.3 is 11.7 Å². The predicted molar refractivity (Wildman–Crippen MR) is 167 cm³/mol. The minimum absolute atomic E-state index is 0.123. The molecule has 10 N–H and O–H groups in total. The van der Waals surface area contributed by atoms with Crippen LogP contribution in [0, 0.1) is 6.92 Å². The summed E-state index contributed by atoms with van der Waals surface area (Å²) >= 11 is 0. The Hall–Kier alpha value is -5.15. The van der Waals surface area contributed by atoms with Crippen LogP contribution in [-0.4, -0.2) is 66.0 Å². The van der Waals surface area contributed by atoms with Crippen LogP contribution in [0.15, 0.2) is 38.5 Å². The molecule has 1 aromatic heterocycles. The molecule has 0 aliphatic carbocycles. The number of nitrogens with two attached hydrogens (primary N) is 3. The predicted octanol–water partition coefficient (Wildman–Crippen LogP) is 0.242. The first-order chi connectivity index (χ1) is 20.9. The lowest BCUT2D eigenvalue weighted by molar-refractivity contribution is -0.131. The second kappa shape index (κ2) is 16.1. The number of anilines is 1. The number of hydrogen-bond acceptors (Lipinski definition) is 9. The Morgan fingerprint density at radius 1 is 0.933 bits per heavy atom. The molecule has 1 heterocycles. The maximum absolute atomic E-state index is 13.3. The SMILES string of the molecule is Cc1cc(=O)oc2cc(NC(=O)[C@H](CCCN=C(N)N)NC(=O)[C@@H](C)NC(=O)[C@@H](CCC(N)=O)NC(=O)OC(C)(C)C)ccc12. The van der Waals surface area contributed by atoms with E-state index in [-0.39, 0.29) is 37.3 Å². The molecule has 0 spiro atoms. The van der Waals surface area contributed by atoms with Gasteiger partial charge in [-0.05, 0) is 71.6 Å². The normalized spacial score (nSPS) is 13.1. The molecule has 0 unspecified atom stereocenters. The highest BCUT2D eigenvalue weighted by Gasteiger charge is 2.29. The summed E-state index contributed by atoms with van der Waals surface area (Å²) in [5.74, 6) is -2.90. The van der Waals surface area contributed by atoms with Crippen molar-refractivity contribution in [2.45, 2.75) is 84.0 Å². The number of hydrogen-bond donors (Lipinski definition) is 7. The number of amides is 5. The minimum atomic E-state index is -1.24. The summed E-state index contributed by atoms with van der Waals surface area (Å²) in [5, 5.41) is 10.9. The maximum Gasteiger partial charge on any atom is 0.408 e. The van der Waals surface area contributed by atoms with Gasteiger partial charge in [0.1, 0.15) is 29.3 Å². The van der Waals surface area contributed by atoms with Crippen LogP contribution in [0.4, 0.5) is 10.5 Å². The molecule has 16 heteroatoms. The van der Waals surface area contributed by atoms with Crippen LogP contribution >= 0.6 is 0 Å². The van der Waals surface area contributed by atoms with Crippen molar-refractivity contribution >= 4 is 52.3 Å². The Labute approximate surface area is 259 Å². The lowest BCUT2D eigenvalue weighted by Gasteiger charge is -2.25. The van der Waals surface area contributed by atoms with Crippen molar-refractivity contribution < 1.29 is 33.1 Å². The number of rotatable bonds is 14. The molecule has 0 fully saturated rings. The summed E-state index contributed by atoms with van der Waals surface area (Å²) in [7, 11) is 0. The summed E-state index contributed by atoms with van der Waals surface area (Å²) in [5.41, 5.74) is 15.9. The Kier molecular flexibility index (Phi) is 12.9. The van der Waals surface area contributed by atoms with Gasteiger partial charge in [-0.1, -0.05) is 0 Å². The second-order valence-electron chi connectivity index (χ2n) is 11.4. The first-order valence-electron chi connectivity index (χ1n) is 14.2. The highest BCUT2D eigenvalue weighted by Crippen LogP contribution is 2.21. The highest BCUT2D eigenvalue weighted by atomic mass is 16.6. The molecule has 0 aliphatic rings. The van der Waals surface area contributed by atoms with Crippen LogP contribution in [0.2, 0.25) is 0 Å². The maximum atomic E-state index is 13.3. The number of alkyl carbamates (subject to hydrolysis) is 1. The molecular weight excluding hydrogens is 588 g/mol. The Morgan fingerprint density at radius 3 is 2.22 bits per heavy atom. The van der Waals surface area contributed by atoms with Crippen LogP contribution in [0.3, 0.4) is 0 Å². The summed E-state index contributed by atoms with van der Waals surface area (Å²) < 4.78 is 10.4. The van der Waals surface area contributed by atoms with E-state index in [2.05, 4.69) is 26.3 Å². The van der Waals surface area contributed by atoms with Gasteiger partial charge in [0.15, 0.2) is 5.96 Å². The summed E-state index contributed by atoms with van der Waals surface area (Å²) in [6.45, 7) is 8.24. The number of primary amides is 1. The minimum Gasteiger partial charge on any atom is -0.444 e. The van der Waals surface area contributed by atoms with E-state index in [1.807, 2.05) is 0 Å². The van der Waals surface area contributed by atoms with E-state index >= 15 is 0 Å². The molecule has 0 radical (unpaired) electrons. The smallest absolute Gasteiger partial charge is 0.408 e. The summed E-state index contributed by atoms with van der Waals surface area (Å²) in [6, 6.07) is 2.67. The zero-order chi connectivity index (χ0) is 33.9. The topological polar surface area (TPSA) is 263 Å². The van der Waals surface area contributed by atoms with E-state index in [1.54, 1.807) is 39.8 Å². The van der Waals surface area contributed by atoms with E-state index < -0.39 is 59.1 Å². The monoisotopic (exact) mass is 630 g/mol. The zero-order valence-corrected chi connectivity index (χ0v) is 26.0. The number of aryl methyl sites for hydroxylation is 1. The van der Waals surface area contributed by atoms with Crippen LogP contribution in [-0.2, 0) is 23.9 Å². The molecule has 2 aromatic rings. The van der Waals surface area contributed by atoms with E-state index in [0.29, 0.717) is 23.1 Å². The number of nitrogens with one attached hydrogen (secondary N) is 4. The number of ether oxygens (including phenoxy) is 1. The summed E-state index contributed by atoms with van der Waals surface area (Å²) in [6.07, 6.45) is -0.819. The zero-order valence-electron chi connectivity index (χ0n) is 26.0. The van der Waals surface area contributed by atoms with Gasteiger partial charge in [0.05, 0.1) is 0 Å². The first kappa shape index (κ1) is 36.0. The van der Waals surface area contributed by atoms with Crippen molar-refractivity contribution in [1.29, 1.82) is 0 Å². The van der Waals surface area contributed by atoms with Crippen LogP contribution in [0.1, 0.15) is 58.9 Å². The van der Waals surface area contributed by atoms with Crippen LogP contribution < -0.4 is 44.1 Å². The molecule has 0 aliphatic heterocycles. The molecule has 0 bridgehead atoms. The first-order valence-corrected chi connectivity index (χ1v) is 14.2. The van der Waals surface area contributed by atoms with Gasteiger partial charge in [0.2, 0.25) is 23.6 Å².